The van der Waals surface area contributed by atoms with Crippen LogP contribution in [0, 0.1) is 18.3 Å². The molecule has 1 N–H and O–H groups in total. The molecule has 0 amide bonds. The van der Waals surface area contributed by atoms with Gasteiger partial charge in [0.2, 0.25) is 0 Å². The van der Waals surface area contributed by atoms with E-state index >= 15 is 0 Å². The molecule has 1 nitrogen and oxygen atoms in total. The third-order valence-corrected chi connectivity index (χ3v) is 3.09. The number of terminal acetylenes is 1. The molecule has 1 heteroatoms. The van der Waals surface area contributed by atoms with Crippen LogP contribution in [0.5, 0.6) is 0 Å². The van der Waals surface area contributed by atoms with Crippen molar-refractivity contribution in [3.8, 4) is 12.3 Å². The van der Waals surface area contributed by atoms with E-state index in [1.165, 1.54) is 32.1 Å². The molecular formula is C12H21N. The maximum Gasteiger partial charge on any atom is 0.0211 e. The predicted molar refractivity (Wildman–Crippen MR) is 57.5 cm³/mol. The Bertz CT molecular complexity index is 162. The highest BCUT2D eigenvalue weighted by Gasteiger charge is 2.18. The first-order valence-corrected chi connectivity index (χ1v) is 5.51. The largest absolute Gasteiger partial charge is 0.313 e. The summed E-state index contributed by atoms with van der Waals surface area (Å²) >= 11 is 0. The minimum Gasteiger partial charge on any atom is -0.313 e. The summed E-state index contributed by atoms with van der Waals surface area (Å²) in [7, 11) is 0. The van der Waals surface area contributed by atoms with Gasteiger partial charge >= 0.3 is 0 Å². The molecule has 0 unspecified atom stereocenters. The van der Waals surface area contributed by atoms with E-state index in [0.29, 0.717) is 6.04 Å². The number of nitrogens with one attached hydrogen (secondary N) is 1. The van der Waals surface area contributed by atoms with Gasteiger partial charge < -0.3 is 5.32 Å². The van der Waals surface area contributed by atoms with E-state index in [0.717, 1.165) is 18.9 Å². The fraction of sp³-hybridized carbons (Fsp3) is 0.833. The van der Waals surface area contributed by atoms with Crippen LogP contribution >= 0.6 is 0 Å². The summed E-state index contributed by atoms with van der Waals surface area (Å²) in [5.74, 6) is 3.56. The molecule has 0 aromatic rings. The van der Waals surface area contributed by atoms with Gasteiger partial charge in [-0.2, -0.15) is 0 Å². The van der Waals surface area contributed by atoms with E-state index in [1.54, 1.807) is 0 Å². The predicted octanol–water partition coefficient (Wildman–Crippen LogP) is 2.57. The topological polar surface area (TPSA) is 12.0 Å². The van der Waals surface area contributed by atoms with Gasteiger partial charge in [0, 0.05) is 19.0 Å². The highest BCUT2D eigenvalue weighted by Crippen LogP contribution is 2.26. The van der Waals surface area contributed by atoms with Crippen molar-refractivity contribution in [1.82, 2.24) is 5.32 Å². The van der Waals surface area contributed by atoms with Crippen LogP contribution in [0.1, 0.15) is 45.4 Å². The minimum absolute atomic E-state index is 0.661. The molecular weight excluding hydrogens is 158 g/mol. The zero-order valence-corrected chi connectivity index (χ0v) is 8.68. The molecule has 1 aliphatic rings. The lowest BCUT2D eigenvalue weighted by atomic mass is 9.84. The Hall–Kier alpha value is -0.480. The van der Waals surface area contributed by atoms with Crippen LogP contribution < -0.4 is 5.32 Å². The highest BCUT2D eigenvalue weighted by molar-refractivity contribution is 4.85. The quantitative estimate of drug-likeness (QED) is 0.516. The lowest BCUT2D eigenvalue weighted by molar-refractivity contribution is 0.283. The Morgan fingerprint density at radius 3 is 2.69 bits per heavy atom. The molecule has 1 rings (SSSR count). The van der Waals surface area contributed by atoms with Gasteiger partial charge in [-0.1, -0.05) is 19.3 Å². The molecule has 0 aromatic carbocycles. The molecule has 74 valence electrons. The van der Waals surface area contributed by atoms with Gasteiger partial charge in [0.1, 0.15) is 0 Å². The Morgan fingerprint density at radius 1 is 1.38 bits per heavy atom. The van der Waals surface area contributed by atoms with Crippen LogP contribution in [0.3, 0.4) is 0 Å². The summed E-state index contributed by atoms with van der Waals surface area (Å²) < 4.78 is 0. The average molecular weight is 179 g/mol. The van der Waals surface area contributed by atoms with Gasteiger partial charge in [-0.25, -0.2) is 0 Å². The molecule has 0 heterocycles. The van der Waals surface area contributed by atoms with E-state index in [-0.39, 0.29) is 0 Å². The standard InChI is InChI=1S/C12H21N/c1-3-4-10-13-11(2)12-8-6-5-7-9-12/h1,11-13H,4-10H2,2H3/t11-/m0/s1. The summed E-state index contributed by atoms with van der Waals surface area (Å²) in [6, 6.07) is 0.661. The van der Waals surface area contributed by atoms with Crippen molar-refractivity contribution in [1.29, 1.82) is 0 Å². The molecule has 0 saturated heterocycles. The maximum atomic E-state index is 5.20. The van der Waals surface area contributed by atoms with Crippen LogP contribution in [0.15, 0.2) is 0 Å². The van der Waals surface area contributed by atoms with E-state index in [4.69, 9.17) is 6.42 Å². The maximum absolute atomic E-state index is 5.20. The fourth-order valence-corrected chi connectivity index (χ4v) is 2.17. The van der Waals surface area contributed by atoms with Crippen LogP contribution in [-0.4, -0.2) is 12.6 Å². The SMILES string of the molecule is C#CCCN[C@@H](C)C1CCCCC1. The van der Waals surface area contributed by atoms with Crippen LogP contribution in [-0.2, 0) is 0 Å². The first kappa shape index (κ1) is 10.6. The summed E-state index contributed by atoms with van der Waals surface area (Å²) in [5, 5.41) is 3.51. The molecule has 1 saturated carbocycles. The molecule has 0 aliphatic heterocycles. The minimum atomic E-state index is 0.661. The Morgan fingerprint density at radius 2 is 2.08 bits per heavy atom. The summed E-state index contributed by atoms with van der Waals surface area (Å²) in [5.41, 5.74) is 0. The first-order chi connectivity index (χ1) is 6.34. The van der Waals surface area contributed by atoms with Gasteiger partial charge in [0.05, 0.1) is 0 Å². The summed E-state index contributed by atoms with van der Waals surface area (Å²) in [6.45, 7) is 3.28. The van der Waals surface area contributed by atoms with Crippen LogP contribution in [0.4, 0.5) is 0 Å². The zero-order valence-electron chi connectivity index (χ0n) is 8.68. The molecule has 1 fully saturated rings. The van der Waals surface area contributed by atoms with Gasteiger partial charge in [0.15, 0.2) is 0 Å². The van der Waals surface area contributed by atoms with Crippen molar-refractivity contribution in [3.05, 3.63) is 0 Å². The average Bonchev–Trinajstić information content (AvgIpc) is 2.19. The second kappa shape index (κ2) is 6.05. The number of rotatable bonds is 4. The number of hydrogen-bond donors (Lipinski definition) is 1. The monoisotopic (exact) mass is 179 g/mol. The third kappa shape index (κ3) is 3.83. The van der Waals surface area contributed by atoms with Crippen molar-refractivity contribution in [3.63, 3.8) is 0 Å². The van der Waals surface area contributed by atoms with Gasteiger partial charge in [-0.15, -0.1) is 12.3 Å². The van der Waals surface area contributed by atoms with Crippen molar-refractivity contribution in [2.24, 2.45) is 5.92 Å². The van der Waals surface area contributed by atoms with E-state index < -0.39 is 0 Å². The molecule has 1 atom stereocenters. The Labute approximate surface area is 82.3 Å². The van der Waals surface area contributed by atoms with Crippen molar-refractivity contribution < 1.29 is 0 Å². The molecule has 0 bridgehead atoms. The normalized spacial score (nSPS) is 20.9. The van der Waals surface area contributed by atoms with Crippen molar-refractivity contribution in [2.75, 3.05) is 6.54 Å². The highest BCUT2D eigenvalue weighted by atomic mass is 14.9. The van der Waals surface area contributed by atoms with E-state index in [9.17, 15) is 0 Å². The summed E-state index contributed by atoms with van der Waals surface area (Å²) in [4.78, 5) is 0. The zero-order chi connectivity index (χ0) is 9.52. The molecule has 0 radical (unpaired) electrons. The second-order valence-corrected chi connectivity index (χ2v) is 4.10. The lowest BCUT2D eigenvalue weighted by Crippen LogP contribution is -2.35. The van der Waals surface area contributed by atoms with Gasteiger partial charge in [-0.3, -0.25) is 0 Å². The molecule has 13 heavy (non-hydrogen) atoms. The van der Waals surface area contributed by atoms with Crippen LogP contribution in [0.2, 0.25) is 0 Å². The second-order valence-electron chi connectivity index (χ2n) is 4.10. The molecule has 1 aliphatic carbocycles. The smallest absolute Gasteiger partial charge is 0.0211 e. The van der Waals surface area contributed by atoms with Gasteiger partial charge in [-0.05, 0) is 25.7 Å². The number of hydrogen-bond acceptors (Lipinski definition) is 1. The first-order valence-electron chi connectivity index (χ1n) is 5.51. The van der Waals surface area contributed by atoms with Crippen molar-refractivity contribution in [2.45, 2.75) is 51.5 Å². The molecule has 0 aromatic heterocycles. The van der Waals surface area contributed by atoms with E-state index in [2.05, 4.69) is 18.2 Å². The fourth-order valence-electron chi connectivity index (χ4n) is 2.17. The van der Waals surface area contributed by atoms with Crippen LogP contribution in [0.25, 0.3) is 0 Å². The van der Waals surface area contributed by atoms with Crippen molar-refractivity contribution >= 4 is 0 Å². The third-order valence-electron chi connectivity index (χ3n) is 3.09. The molecule has 0 spiro atoms. The Kier molecular flexibility index (Phi) is 4.93. The van der Waals surface area contributed by atoms with Gasteiger partial charge in [0.25, 0.3) is 0 Å². The Balaban J connectivity index is 2.14. The van der Waals surface area contributed by atoms with E-state index in [1.807, 2.05) is 0 Å². The lowest BCUT2D eigenvalue weighted by Gasteiger charge is -2.28. The summed E-state index contributed by atoms with van der Waals surface area (Å²) in [6.07, 6.45) is 13.2.